The third-order valence-electron chi connectivity index (χ3n) is 4.46. The van der Waals surface area contributed by atoms with Crippen LogP contribution >= 0.6 is 0 Å². The Labute approximate surface area is 147 Å². The number of Topliss-reactive ketones (excluding diaryl/α,β-unsaturated/α-hetero) is 1. The van der Waals surface area contributed by atoms with Gasteiger partial charge in [0, 0.05) is 23.5 Å². The van der Waals surface area contributed by atoms with Crippen LogP contribution in [0.25, 0.3) is 0 Å². The molecule has 5 nitrogen and oxygen atoms in total. The molecule has 2 rings (SSSR count). The van der Waals surface area contributed by atoms with Crippen molar-refractivity contribution in [2.75, 3.05) is 13.6 Å². The lowest BCUT2D eigenvalue weighted by Crippen LogP contribution is -2.38. The number of nitrogens with zero attached hydrogens (tertiary/aromatic N) is 2. The van der Waals surface area contributed by atoms with Gasteiger partial charge in [0.15, 0.2) is 5.78 Å². The third kappa shape index (κ3) is 3.96. The number of halogens is 1. The number of hydrogen-bond donors (Lipinski definition) is 1. The zero-order valence-electron chi connectivity index (χ0n) is 15.0. The zero-order valence-corrected chi connectivity index (χ0v) is 15.0. The fraction of sp³-hybridized carbons (Fsp3) is 0.368. The van der Waals surface area contributed by atoms with Crippen LogP contribution in [0.15, 0.2) is 30.3 Å². The Morgan fingerprint density at radius 2 is 1.96 bits per heavy atom. The summed E-state index contributed by atoms with van der Waals surface area (Å²) in [6.07, 6.45) is 0. The van der Waals surface area contributed by atoms with Gasteiger partial charge in [-0.2, -0.15) is 0 Å². The molecule has 1 aromatic carbocycles. The van der Waals surface area contributed by atoms with Crippen LogP contribution in [0.1, 0.15) is 40.3 Å². The van der Waals surface area contributed by atoms with Crippen LogP contribution in [-0.4, -0.2) is 34.7 Å². The first-order valence-electron chi connectivity index (χ1n) is 8.21. The minimum atomic E-state index is -0.866. The lowest BCUT2D eigenvalue weighted by Gasteiger charge is -2.25. The molecule has 2 N–H and O–H groups in total. The van der Waals surface area contributed by atoms with Gasteiger partial charge in [0.2, 0.25) is 5.91 Å². The molecule has 0 aliphatic heterocycles. The Bertz CT molecular complexity index is 798. The van der Waals surface area contributed by atoms with Crippen LogP contribution < -0.4 is 5.73 Å². The molecule has 0 saturated heterocycles. The van der Waals surface area contributed by atoms with E-state index in [1.165, 1.54) is 18.2 Å². The molecule has 0 fully saturated rings. The minimum Gasteiger partial charge on any atom is -0.368 e. The summed E-state index contributed by atoms with van der Waals surface area (Å²) in [6, 6.07) is 6.70. The van der Waals surface area contributed by atoms with Gasteiger partial charge in [0.25, 0.3) is 0 Å². The summed E-state index contributed by atoms with van der Waals surface area (Å²) < 4.78 is 15.5. The number of likely N-dealkylation sites (N-methyl/N-ethyl adjacent to an activating group) is 1. The fourth-order valence-corrected chi connectivity index (χ4v) is 3.29. The summed E-state index contributed by atoms with van der Waals surface area (Å²) >= 11 is 0. The second-order valence-corrected chi connectivity index (χ2v) is 6.23. The number of carbonyl (C=O) groups is 2. The van der Waals surface area contributed by atoms with E-state index < -0.39 is 17.8 Å². The van der Waals surface area contributed by atoms with Crippen molar-refractivity contribution in [1.82, 2.24) is 9.47 Å². The summed E-state index contributed by atoms with van der Waals surface area (Å²) in [5.74, 6) is -1.17. The topological polar surface area (TPSA) is 68.3 Å². The molecule has 134 valence electrons. The van der Waals surface area contributed by atoms with Crippen molar-refractivity contribution >= 4 is 11.7 Å². The third-order valence-corrected chi connectivity index (χ3v) is 4.46. The van der Waals surface area contributed by atoms with E-state index in [0.717, 1.165) is 17.9 Å². The number of aromatic nitrogens is 1. The number of ketones is 1. The van der Waals surface area contributed by atoms with Gasteiger partial charge >= 0.3 is 0 Å². The van der Waals surface area contributed by atoms with Gasteiger partial charge in [0.1, 0.15) is 11.9 Å². The normalized spacial score (nSPS) is 12.4. The van der Waals surface area contributed by atoms with Gasteiger partial charge < -0.3 is 10.3 Å². The number of carbonyl (C=O) groups excluding carboxylic acids is 2. The molecule has 0 saturated carbocycles. The fourth-order valence-electron chi connectivity index (χ4n) is 3.29. The standard InChI is InChI=1S/C19H24FN3O2/c1-5-23-12(2)9-16(13(23)3)17(24)11-22(4)18(19(21)25)14-7-6-8-15(20)10-14/h6-10,18H,5,11H2,1-4H3,(H2,21,25)/t18-/m0/s1. The van der Waals surface area contributed by atoms with Crippen molar-refractivity contribution in [1.29, 1.82) is 0 Å². The van der Waals surface area contributed by atoms with E-state index >= 15 is 0 Å². The average molecular weight is 345 g/mol. The smallest absolute Gasteiger partial charge is 0.239 e. The van der Waals surface area contributed by atoms with Crippen LogP contribution in [0.3, 0.4) is 0 Å². The van der Waals surface area contributed by atoms with Gasteiger partial charge in [-0.15, -0.1) is 0 Å². The zero-order chi connectivity index (χ0) is 18.7. The number of amides is 1. The summed E-state index contributed by atoms with van der Waals surface area (Å²) in [5, 5.41) is 0. The van der Waals surface area contributed by atoms with Crippen LogP contribution in [0.5, 0.6) is 0 Å². The number of benzene rings is 1. The summed E-state index contributed by atoms with van der Waals surface area (Å²) in [5.41, 5.74) is 8.48. The van der Waals surface area contributed by atoms with E-state index in [4.69, 9.17) is 5.73 Å². The maximum atomic E-state index is 13.5. The van der Waals surface area contributed by atoms with Crippen molar-refractivity contribution < 1.29 is 14.0 Å². The molecule has 6 heteroatoms. The lowest BCUT2D eigenvalue weighted by molar-refractivity contribution is -0.122. The van der Waals surface area contributed by atoms with Crippen LogP contribution in [0.4, 0.5) is 4.39 Å². The van der Waals surface area contributed by atoms with Gasteiger partial charge in [0.05, 0.1) is 6.54 Å². The molecule has 1 aromatic heterocycles. The second kappa shape index (κ2) is 7.61. The van der Waals surface area contributed by atoms with Crippen LogP contribution in [0, 0.1) is 19.7 Å². The summed E-state index contributed by atoms with van der Waals surface area (Å²) in [4.78, 5) is 26.1. The highest BCUT2D eigenvalue weighted by Gasteiger charge is 2.26. The van der Waals surface area contributed by atoms with E-state index in [9.17, 15) is 14.0 Å². The highest BCUT2D eigenvalue weighted by atomic mass is 19.1. The van der Waals surface area contributed by atoms with Crippen LogP contribution in [-0.2, 0) is 11.3 Å². The Kier molecular flexibility index (Phi) is 5.74. The largest absolute Gasteiger partial charge is 0.368 e. The Hall–Kier alpha value is -2.47. The molecular formula is C19H24FN3O2. The molecular weight excluding hydrogens is 321 g/mol. The molecule has 25 heavy (non-hydrogen) atoms. The summed E-state index contributed by atoms with van der Waals surface area (Å²) in [7, 11) is 1.64. The number of hydrogen-bond acceptors (Lipinski definition) is 3. The van der Waals surface area contributed by atoms with Crippen molar-refractivity contribution in [3.63, 3.8) is 0 Å². The molecule has 0 bridgehead atoms. The van der Waals surface area contributed by atoms with E-state index in [1.54, 1.807) is 18.0 Å². The van der Waals surface area contributed by atoms with E-state index in [1.807, 2.05) is 26.8 Å². The number of aryl methyl sites for hydroxylation is 1. The lowest BCUT2D eigenvalue weighted by atomic mass is 10.0. The van der Waals surface area contributed by atoms with E-state index in [2.05, 4.69) is 4.57 Å². The first-order valence-corrected chi connectivity index (χ1v) is 8.21. The Morgan fingerprint density at radius 1 is 1.28 bits per heavy atom. The molecule has 1 atom stereocenters. The first-order chi connectivity index (χ1) is 11.8. The van der Waals surface area contributed by atoms with Gasteiger partial charge in [-0.3, -0.25) is 14.5 Å². The minimum absolute atomic E-state index is 0.0120. The highest BCUT2D eigenvalue weighted by molar-refractivity contribution is 5.99. The number of rotatable bonds is 7. The molecule has 0 radical (unpaired) electrons. The average Bonchev–Trinajstić information content (AvgIpc) is 2.81. The van der Waals surface area contributed by atoms with Crippen molar-refractivity contribution in [2.24, 2.45) is 5.73 Å². The van der Waals surface area contributed by atoms with Gasteiger partial charge in [-0.1, -0.05) is 12.1 Å². The van der Waals surface area contributed by atoms with Gasteiger partial charge in [-0.05, 0) is 51.6 Å². The molecule has 2 aromatic rings. The highest BCUT2D eigenvalue weighted by Crippen LogP contribution is 2.22. The Balaban J connectivity index is 2.25. The SMILES string of the molecule is CCn1c(C)cc(C(=O)CN(C)[C@H](C(N)=O)c2cccc(F)c2)c1C. The predicted molar refractivity (Wildman–Crippen MR) is 94.9 cm³/mol. The monoisotopic (exact) mass is 345 g/mol. The summed E-state index contributed by atoms with van der Waals surface area (Å²) in [6.45, 7) is 6.68. The molecule has 1 amide bonds. The first kappa shape index (κ1) is 18.9. The molecule has 0 unspecified atom stereocenters. The quantitative estimate of drug-likeness (QED) is 0.784. The van der Waals surface area contributed by atoms with E-state index in [0.29, 0.717) is 11.1 Å². The maximum absolute atomic E-state index is 13.5. The Morgan fingerprint density at radius 3 is 2.48 bits per heavy atom. The molecule has 0 aliphatic rings. The second-order valence-electron chi connectivity index (χ2n) is 6.23. The molecule has 1 heterocycles. The molecule has 0 spiro atoms. The number of nitrogens with two attached hydrogens (primary N) is 1. The van der Waals surface area contributed by atoms with Crippen molar-refractivity contribution in [3.8, 4) is 0 Å². The molecule has 0 aliphatic carbocycles. The van der Waals surface area contributed by atoms with E-state index in [-0.39, 0.29) is 12.3 Å². The maximum Gasteiger partial charge on any atom is 0.239 e. The van der Waals surface area contributed by atoms with Gasteiger partial charge in [-0.25, -0.2) is 4.39 Å². The van der Waals surface area contributed by atoms with Crippen LogP contribution in [0.2, 0.25) is 0 Å². The number of primary amides is 1. The van der Waals surface area contributed by atoms with Crippen molar-refractivity contribution in [2.45, 2.75) is 33.4 Å². The van der Waals surface area contributed by atoms with Crippen molar-refractivity contribution in [3.05, 3.63) is 58.7 Å². The predicted octanol–water partition coefficient (Wildman–Crippen LogP) is 2.61.